The summed E-state index contributed by atoms with van der Waals surface area (Å²) in [4.78, 5) is 16.3. The maximum absolute atomic E-state index is 11.4. The Balaban J connectivity index is 2.08. The lowest BCUT2D eigenvalue weighted by molar-refractivity contribution is -0.137. The molecule has 0 saturated heterocycles. The van der Waals surface area contributed by atoms with Gasteiger partial charge in [-0.25, -0.2) is 4.98 Å². The largest absolute Gasteiger partial charge is 0.481 e. The molecule has 140 valence electrons. The Morgan fingerprint density at radius 3 is 2.73 bits per heavy atom. The van der Waals surface area contributed by atoms with Crippen LogP contribution in [-0.4, -0.2) is 20.6 Å². The first-order chi connectivity index (χ1) is 12.4. The summed E-state index contributed by atoms with van der Waals surface area (Å²) in [5.74, 6) is 0.526. The third-order valence-corrected chi connectivity index (χ3v) is 5.72. The van der Waals surface area contributed by atoms with Crippen LogP contribution in [0.4, 0.5) is 0 Å². The highest BCUT2D eigenvalue weighted by Gasteiger charge is 2.29. The van der Waals surface area contributed by atoms with Gasteiger partial charge in [0.2, 0.25) is 0 Å². The molecule has 1 aromatic heterocycles. The van der Waals surface area contributed by atoms with Crippen molar-refractivity contribution in [2.24, 2.45) is 0 Å². The van der Waals surface area contributed by atoms with E-state index in [-0.39, 0.29) is 18.3 Å². The van der Waals surface area contributed by atoms with Gasteiger partial charge in [0.25, 0.3) is 0 Å². The van der Waals surface area contributed by atoms with E-state index in [9.17, 15) is 9.90 Å². The molecule has 6 heteroatoms. The second kappa shape index (κ2) is 8.01. The molecule has 0 aliphatic heterocycles. The van der Waals surface area contributed by atoms with E-state index in [1.165, 1.54) is 0 Å². The van der Waals surface area contributed by atoms with E-state index in [1.807, 2.05) is 12.1 Å². The van der Waals surface area contributed by atoms with Gasteiger partial charge >= 0.3 is 5.97 Å². The zero-order valence-electron chi connectivity index (χ0n) is 15.1. The van der Waals surface area contributed by atoms with Crippen molar-refractivity contribution in [3.8, 4) is 0 Å². The van der Waals surface area contributed by atoms with Crippen LogP contribution in [0.5, 0.6) is 0 Å². The molecule has 1 aliphatic carbocycles. The van der Waals surface area contributed by atoms with Gasteiger partial charge in [-0.15, -0.1) is 0 Å². The Kier molecular flexibility index (Phi) is 5.93. The van der Waals surface area contributed by atoms with Gasteiger partial charge in [-0.3, -0.25) is 4.79 Å². The topological polar surface area (TPSA) is 55.1 Å². The lowest BCUT2D eigenvalue weighted by Gasteiger charge is -2.20. The number of carboxylic acid groups (broad SMARTS) is 1. The van der Waals surface area contributed by atoms with Crippen LogP contribution in [0.3, 0.4) is 0 Å². The second-order valence-corrected chi connectivity index (χ2v) is 8.15. The van der Waals surface area contributed by atoms with Crippen molar-refractivity contribution in [2.75, 3.05) is 0 Å². The van der Waals surface area contributed by atoms with Crippen LogP contribution in [0.25, 0.3) is 0 Å². The van der Waals surface area contributed by atoms with E-state index >= 15 is 0 Å². The fourth-order valence-electron chi connectivity index (χ4n) is 3.83. The molecule has 3 rings (SSSR count). The van der Waals surface area contributed by atoms with Crippen LogP contribution >= 0.6 is 23.2 Å². The first-order valence-corrected chi connectivity index (χ1v) is 9.87. The monoisotopic (exact) mass is 394 g/mol. The van der Waals surface area contributed by atoms with Crippen LogP contribution in [0.2, 0.25) is 10.0 Å². The van der Waals surface area contributed by atoms with Gasteiger partial charge in [0.05, 0.1) is 22.2 Å². The number of aryl methyl sites for hydroxylation is 1. The molecule has 1 aliphatic rings. The Hall–Kier alpha value is -1.52. The molecule has 0 bridgehead atoms. The average Bonchev–Trinajstić information content (AvgIpc) is 2.80. The second-order valence-electron chi connectivity index (χ2n) is 7.33. The van der Waals surface area contributed by atoms with Crippen LogP contribution in [0.15, 0.2) is 18.2 Å². The Bertz CT molecular complexity index is 814. The molecule has 0 saturated carbocycles. The van der Waals surface area contributed by atoms with Crippen molar-refractivity contribution in [3.05, 3.63) is 51.0 Å². The highest BCUT2D eigenvalue weighted by Crippen LogP contribution is 2.36. The Labute approximate surface area is 164 Å². The third kappa shape index (κ3) is 4.07. The fraction of sp³-hybridized carbons (Fsp3) is 0.500. The molecule has 0 spiro atoms. The van der Waals surface area contributed by atoms with E-state index in [0.717, 1.165) is 48.5 Å². The van der Waals surface area contributed by atoms with Crippen LogP contribution in [-0.2, 0) is 17.8 Å². The van der Waals surface area contributed by atoms with Gasteiger partial charge in [0.15, 0.2) is 0 Å². The van der Waals surface area contributed by atoms with Crippen molar-refractivity contribution in [3.63, 3.8) is 0 Å². The first kappa shape index (κ1) is 19.2. The van der Waals surface area contributed by atoms with Gasteiger partial charge in [-0.2, -0.15) is 0 Å². The van der Waals surface area contributed by atoms with Crippen LogP contribution in [0, 0.1) is 0 Å². The normalized spacial score (nSPS) is 17.2. The van der Waals surface area contributed by atoms with Gasteiger partial charge in [-0.05, 0) is 37.0 Å². The number of nitrogens with zero attached hydrogens (tertiary/aromatic N) is 2. The lowest BCUT2D eigenvalue weighted by Crippen LogP contribution is -2.15. The minimum atomic E-state index is -0.753. The number of rotatable bonds is 5. The minimum absolute atomic E-state index is 0.00720. The predicted molar refractivity (Wildman–Crippen MR) is 104 cm³/mol. The summed E-state index contributed by atoms with van der Waals surface area (Å²) in [6, 6.07) is 5.65. The molecule has 26 heavy (non-hydrogen) atoms. The van der Waals surface area contributed by atoms with Crippen molar-refractivity contribution < 1.29 is 9.90 Å². The van der Waals surface area contributed by atoms with Crippen LogP contribution < -0.4 is 0 Å². The summed E-state index contributed by atoms with van der Waals surface area (Å²) < 4.78 is 2.22. The molecule has 4 nitrogen and oxygen atoms in total. The van der Waals surface area contributed by atoms with E-state index < -0.39 is 5.97 Å². The summed E-state index contributed by atoms with van der Waals surface area (Å²) >= 11 is 12.2. The Morgan fingerprint density at radius 1 is 1.31 bits per heavy atom. The van der Waals surface area contributed by atoms with E-state index in [1.54, 1.807) is 6.07 Å². The van der Waals surface area contributed by atoms with Crippen LogP contribution in [0.1, 0.15) is 74.1 Å². The molecule has 1 aromatic carbocycles. The van der Waals surface area contributed by atoms with Crippen molar-refractivity contribution in [1.29, 1.82) is 0 Å². The summed E-state index contributed by atoms with van der Waals surface area (Å²) in [6.45, 7) is 4.88. The highest BCUT2D eigenvalue weighted by atomic mass is 35.5. The fourth-order valence-corrected chi connectivity index (χ4v) is 4.15. The quantitative estimate of drug-likeness (QED) is 0.666. The summed E-state index contributed by atoms with van der Waals surface area (Å²) in [7, 11) is 0. The number of aliphatic carboxylic acids is 1. The molecule has 0 amide bonds. The number of benzene rings is 1. The number of fused-ring (bicyclic) bond motifs is 1. The molecule has 1 N–H and O–H groups in total. The van der Waals surface area contributed by atoms with Gasteiger partial charge < -0.3 is 9.67 Å². The maximum atomic E-state index is 11.4. The standard InChI is InChI=1S/C20H24Cl2N2O2/c1-12(2)20-23-17-6-4-3-5-14(10-18(25)26)19(17)24(20)11-13-7-8-15(21)16(22)9-13/h7-9,12,14H,3-6,10-11H2,1-2H3,(H,25,26). The van der Waals surface area contributed by atoms with Crippen molar-refractivity contribution in [2.45, 2.75) is 64.3 Å². The molecule has 0 fully saturated rings. The smallest absolute Gasteiger partial charge is 0.304 e. The number of carboxylic acids is 1. The predicted octanol–water partition coefficient (Wildman–Crippen LogP) is 5.65. The van der Waals surface area contributed by atoms with Crippen molar-refractivity contribution >= 4 is 29.2 Å². The molecule has 2 aromatic rings. The number of hydrogen-bond acceptors (Lipinski definition) is 2. The van der Waals surface area contributed by atoms with E-state index in [2.05, 4.69) is 18.4 Å². The highest BCUT2D eigenvalue weighted by molar-refractivity contribution is 6.42. The molecule has 1 heterocycles. The van der Waals surface area contributed by atoms with Crippen molar-refractivity contribution in [1.82, 2.24) is 9.55 Å². The SMILES string of the molecule is CC(C)c1nc2c(n1Cc1ccc(Cl)c(Cl)c1)C(CC(=O)O)CCCC2. The van der Waals surface area contributed by atoms with E-state index in [4.69, 9.17) is 28.2 Å². The molecule has 0 radical (unpaired) electrons. The number of imidazole rings is 1. The number of aromatic nitrogens is 2. The summed E-state index contributed by atoms with van der Waals surface area (Å²) in [5, 5.41) is 10.5. The summed E-state index contributed by atoms with van der Waals surface area (Å²) in [5.41, 5.74) is 3.21. The Morgan fingerprint density at radius 2 is 2.08 bits per heavy atom. The molecule has 1 atom stereocenters. The van der Waals surface area contributed by atoms with Gasteiger partial charge in [0.1, 0.15) is 5.82 Å². The number of halogens is 2. The molecular weight excluding hydrogens is 371 g/mol. The molecule has 1 unspecified atom stereocenters. The lowest BCUT2D eigenvalue weighted by atomic mass is 9.96. The minimum Gasteiger partial charge on any atom is -0.481 e. The average molecular weight is 395 g/mol. The van der Waals surface area contributed by atoms with E-state index in [0.29, 0.717) is 16.6 Å². The number of hydrogen-bond donors (Lipinski definition) is 1. The first-order valence-electron chi connectivity index (χ1n) is 9.11. The number of carbonyl (C=O) groups is 1. The zero-order chi connectivity index (χ0) is 18.8. The maximum Gasteiger partial charge on any atom is 0.304 e. The summed E-state index contributed by atoms with van der Waals surface area (Å²) in [6.07, 6.45) is 4.06. The van der Waals surface area contributed by atoms with Gasteiger partial charge in [0, 0.05) is 24.1 Å². The van der Waals surface area contributed by atoms with Gasteiger partial charge in [-0.1, -0.05) is 49.5 Å². The zero-order valence-corrected chi connectivity index (χ0v) is 16.6. The third-order valence-electron chi connectivity index (χ3n) is 4.98. The molecular formula is C20H24Cl2N2O2.